The van der Waals surface area contributed by atoms with Crippen LogP contribution in [0.1, 0.15) is 57.9 Å². The Hall–Kier alpha value is -2.72. The molecule has 0 spiro atoms. The van der Waals surface area contributed by atoms with Crippen LogP contribution in [-0.4, -0.2) is 71.7 Å². The second-order valence-corrected chi connectivity index (χ2v) is 9.62. The van der Waals surface area contributed by atoms with Gasteiger partial charge in [0.15, 0.2) is 5.17 Å². The predicted molar refractivity (Wildman–Crippen MR) is 139 cm³/mol. The molecule has 2 atom stereocenters. The van der Waals surface area contributed by atoms with Gasteiger partial charge in [0.1, 0.15) is 11.9 Å². The zero-order valence-electron chi connectivity index (χ0n) is 20.7. The van der Waals surface area contributed by atoms with Crippen molar-refractivity contribution in [3.63, 3.8) is 0 Å². The number of aliphatic imine (C=N–C) groups is 2. The largest absolute Gasteiger partial charge is 0.385 e. The topological polar surface area (TPSA) is 112 Å². The Morgan fingerprint density at radius 1 is 1.17 bits per heavy atom. The molecule has 9 nitrogen and oxygen atoms in total. The number of carbonyl (C=O) groups excluding carboxylic acids is 3. The molecule has 3 amide bonds. The normalized spacial score (nSPS) is 17.3. The number of fused-ring (bicyclic) bond motifs is 3. The van der Waals surface area contributed by atoms with Crippen molar-refractivity contribution < 1.29 is 19.1 Å². The summed E-state index contributed by atoms with van der Waals surface area (Å²) < 4.78 is 5.04. The van der Waals surface area contributed by atoms with Crippen molar-refractivity contribution >= 4 is 46.2 Å². The van der Waals surface area contributed by atoms with Gasteiger partial charge >= 0.3 is 0 Å². The monoisotopic (exact) mass is 501 g/mol. The maximum Gasteiger partial charge on any atom is 0.259 e. The quantitative estimate of drug-likeness (QED) is 0.404. The van der Waals surface area contributed by atoms with Gasteiger partial charge in [-0.15, -0.1) is 0 Å². The lowest BCUT2D eigenvalue weighted by atomic mass is 10.1. The van der Waals surface area contributed by atoms with E-state index in [1.807, 2.05) is 31.2 Å². The highest BCUT2D eigenvalue weighted by Gasteiger charge is 2.42. The van der Waals surface area contributed by atoms with Gasteiger partial charge in [0.25, 0.3) is 5.91 Å². The van der Waals surface area contributed by atoms with Gasteiger partial charge in [0, 0.05) is 38.8 Å². The number of methoxy groups -OCH3 is 1. The molecule has 35 heavy (non-hydrogen) atoms. The van der Waals surface area contributed by atoms with Crippen LogP contribution in [0.5, 0.6) is 0 Å². The molecular weight excluding hydrogens is 466 g/mol. The zero-order valence-corrected chi connectivity index (χ0v) is 21.5. The van der Waals surface area contributed by atoms with E-state index in [4.69, 9.17) is 14.7 Å². The molecular formula is C25H35N5O4S. The second-order valence-electron chi connectivity index (χ2n) is 8.45. The Balaban J connectivity index is 1.74. The third kappa shape index (κ3) is 6.91. The summed E-state index contributed by atoms with van der Waals surface area (Å²) in [5.41, 5.74) is 1.49. The number of hydrogen-bond acceptors (Lipinski definition) is 7. The fourth-order valence-corrected chi connectivity index (χ4v) is 4.87. The first-order valence-corrected chi connectivity index (χ1v) is 13.2. The molecule has 0 saturated heterocycles. The van der Waals surface area contributed by atoms with E-state index in [0.29, 0.717) is 49.2 Å². The number of hydrogen-bond donors (Lipinski definition) is 2. The first kappa shape index (κ1) is 26.9. The number of amides is 3. The standard InChI is InChI=1S/C25H35N5O4S/c1-4-6-14-26-21(31)13-12-19-24(33)30-22(28-19)17-10-7-8-11-18(17)29-25(30)35-20(5-2)23(32)27-15-9-16-34-3/h7-8,10-11,19-20H,4-6,9,12-16H2,1-3H3,(H,26,31)(H,27,32)/t19-,20+/m1/s1. The smallest absolute Gasteiger partial charge is 0.259 e. The molecule has 0 unspecified atom stereocenters. The van der Waals surface area contributed by atoms with Gasteiger partial charge in [-0.2, -0.15) is 0 Å². The summed E-state index contributed by atoms with van der Waals surface area (Å²) in [4.78, 5) is 49.3. The Kier molecular flexibility index (Phi) is 10.3. The van der Waals surface area contributed by atoms with Crippen LogP contribution < -0.4 is 10.6 Å². The van der Waals surface area contributed by atoms with E-state index < -0.39 is 11.3 Å². The molecule has 2 heterocycles. The molecule has 2 aliphatic rings. The minimum atomic E-state index is -0.651. The van der Waals surface area contributed by atoms with Gasteiger partial charge in [-0.25, -0.2) is 9.89 Å². The molecule has 1 aromatic carbocycles. The van der Waals surface area contributed by atoms with Crippen molar-refractivity contribution in [3.8, 4) is 0 Å². The van der Waals surface area contributed by atoms with E-state index in [0.717, 1.165) is 24.8 Å². The van der Waals surface area contributed by atoms with E-state index in [1.54, 1.807) is 7.11 Å². The molecule has 2 N–H and O–H groups in total. The highest BCUT2D eigenvalue weighted by Crippen LogP contribution is 2.35. The lowest BCUT2D eigenvalue weighted by Crippen LogP contribution is -2.43. The van der Waals surface area contributed by atoms with E-state index in [9.17, 15) is 14.4 Å². The SMILES string of the molecule is CCCCNC(=O)CC[C@H]1N=C2c3ccccc3N=C(S[C@@H](CC)C(=O)NCCCOC)N2C1=O. The van der Waals surface area contributed by atoms with Crippen LogP contribution in [0.15, 0.2) is 34.3 Å². The first-order chi connectivity index (χ1) is 17.0. The van der Waals surface area contributed by atoms with Crippen molar-refractivity contribution in [2.75, 3.05) is 26.8 Å². The minimum absolute atomic E-state index is 0.0730. The van der Waals surface area contributed by atoms with E-state index >= 15 is 0 Å². The summed E-state index contributed by atoms with van der Waals surface area (Å²) in [6.07, 6.45) is 3.80. The van der Waals surface area contributed by atoms with Crippen molar-refractivity contribution in [2.24, 2.45) is 9.98 Å². The third-order valence-electron chi connectivity index (χ3n) is 5.78. The molecule has 1 aromatic rings. The van der Waals surface area contributed by atoms with E-state index in [-0.39, 0.29) is 24.1 Å². The van der Waals surface area contributed by atoms with E-state index in [2.05, 4.69) is 17.6 Å². The van der Waals surface area contributed by atoms with Crippen molar-refractivity contribution in [1.29, 1.82) is 0 Å². The number of unbranched alkanes of at least 4 members (excludes halogenated alkanes) is 1. The number of para-hydroxylation sites is 1. The summed E-state index contributed by atoms with van der Waals surface area (Å²) in [5, 5.41) is 5.87. The molecule has 0 fully saturated rings. The van der Waals surface area contributed by atoms with Gasteiger partial charge < -0.3 is 15.4 Å². The average molecular weight is 502 g/mol. The number of rotatable bonds is 13. The van der Waals surface area contributed by atoms with Crippen LogP contribution in [0.25, 0.3) is 0 Å². The van der Waals surface area contributed by atoms with Gasteiger partial charge in [-0.1, -0.05) is 44.2 Å². The highest BCUT2D eigenvalue weighted by molar-refractivity contribution is 8.15. The number of carbonyl (C=O) groups is 3. The molecule has 0 aromatic heterocycles. The molecule has 3 rings (SSSR count). The molecule has 2 aliphatic heterocycles. The van der Waals surface area contributed by atoms with Crippen LogP contribution >= 0.6 is 11.8 Å². The van der Waals surface area contributed by atoms with Crippen molar-refractivity contribution in [2.45, 2.75) is 63.7 Å². The lowest BCUT2D eigenvalue weighted by molar-refractivity contribution is -0.125. The van der Waals surface area contributed by atoms with Crippen LogP contribution in [0, 0.1) is 0 Å². The van der Waals surface area contributed by atoms with E-state index in [1.165, 1.54) is 16.7 Å². The number of benzene rings is 1. The Labute approximate surface area is 211 Å². The average Bonchev–Trinajstić information content (AvgIpc) is 3.20. The number of amidine groups is 2. The predicted octanol–water partition coefficient (Wildman–Crippen LogP) is 3.01. The number of ether oxygens (including phenoxy) is 1. The summed E-state index contributed by atoms with van der Waals surface area (Å²) in [6.45, 7) is 5.75. The van der Waals surface area contributed by atoms with Crippen molar-refractivity contribution in [1.82, 2.24) is 15.5 Å². The molecule has 10 heteroatoms. The zero-order chi connectivity index (χ0) is 25.2. The summed E-state index contributed by atoms with van der Waals surface area (Å²) in [7, 11) is 1.63. The molecule has 0 aliphatic carbocycles. The summed E-state index contributed by atoms with van der Waals surface area (Å²) in [6, 6.07) is 6.88. The lowest BCUT2D eigenvalue weighted by Gasteiger charge is -2.27. The fourth-order valence-electron chi connectivity index (χ4n) is 3.82. The maximum atomic E-state index is 13.4. The number of nitrogens with one attached hydrogen (secondary N) is 2. The van der Waals surface area contributed by atoms with Crippen LogP contribution in [0.3, 0.4) is 0 Å². The first-order valence-electron chi connectivity index (χ1n) is 12.3. The van der Waals surface area contributed by atoms with Crippen LogP contribution in [0.2, 0.25) is 0 Å². The fraction of sp³-hybridized carbons (Fsp3) is 0.560. The van der Waals surface area contributed by atoms with Gasteiger partial charge in [-0.05, 0) is 37.8 Å². The summed E-state index contributed by atoms with van der Waals surface area (Å²) in [5.74, 6) is 0.157. The molecule has 190 valence electrons. The van der Waals surface area contributed by atoms with Crippen LogP contribution in [0.4, 0.5) is 5.69 Å². The molecule has 0 radical (unpaired) electrons. The molecule has 0 bridgehead atoms. The van der Waals surface area contributed by atoms with Crippen molar-refractivity contribution in [3.05, 3.63) is 29.8 Å². The second kappa shape index (κ2) is 13.4. The number of nitrogens with zero attached hydrogens (tertiary/aromatic N) is 3. The highest BCUT2D eigenvalue weighted by atomic mass is 32.2. The van der Waals surface area contributed by atoms with Gasteiger partial charge in [0.05, 0.1) is 10.9 Å². The minimum Gasteiger partial charge on any atom is -0.385 e. The third-order valence-corrected chi connectivity index (χ3v) is 7.10. The van der Waals surface area contributed by atoms with Gasteiger partial charge in [-0.3, -0.25) is 19.4 Å². The Morgan fingerprint density at radius 2 is 1.94 bits per heavy atom. The summed E-state index contributed by atoms with van der Waals surface area (Å²) >= 11 is 1.27. The molecule has 0 saturated carbocycles. The van der Waals surface area contributed by atoms with Gasteiger partial charge in [0.2, 0.25) is 11.8 Å². The Morgan fingerprint density at radius 3 is 2.69 bits per heavy atom. The Bertz CT molecular complexity index is 980. The maximum absolute atomic E-state index is 13.4. The van der Waals surface area contributed by atoms with Crippen LogP contribution in [-0.2, 0) is 19.1 Å². The number of thioether (sulfide) groups is 1.